The van der Waals surface area contributed by atoms with Gasteiger partial charge in [-0.15, -0.1) is 23.7 Å². The highest BCUT2D eigenvalue weighted by molar-refractivity contribution is 7.89. The maximum Gasteiger partial charge on any atom is 0.257 e. The lowest BCUT2D eigenvalue weighted by Crippen LogP contribution is -2.41. The van der Waals surface area contributed by atoms with E-state index in [2.05, 4.69) is 22.2 Å². The van der Waals surface area contributed by atoms with Crippen LogP contribution in [0.4, 0.5) is 5.13 Å². The number of anilines is 1. The third-order valence-electron chi connectivity index (χ3n) is 5.61. The molecule has 0 saturated carbocycles. The summed E-state index contributed by atoms with van der Waals surface area (Å²) in [5.74, 6) is -0.278. The van der Waals surface area contributed by atoms with Crippen LogP contribution in [0, 0.1) is 0 Å². The molecule has 1 unspecified atom stereocenters. The molecule has 2 aliphatic rings. The molecule has 4 rings (SSSR count). The zero-order chi connectivity index (χ0) is 20.6. The van der Waals surface area contributed by atoms with Crippen LogP contribution in [0.3, 0.4) is 0 Å². The number of rotatable bonds is 4. The number of fused-ring (bicyclic) bond motifs is 1. The lowest BCUT2D eigenvalue weighted by atomic mass is 10.1. The van der Waals surface area contributed by atoms with Crippen LogP contribution in [-0.2, 0) is 23.0 Å². The van der Waals surface area contributed by atoms with E-state index in [1.807, 2.05) is 6.92 Å². The maximum atomic E-state index is 12.9. The summed E-state index contributed by atoms with van der Waals surface area (Å²) in [6.07, 6.45) is 3.72. The Morgan fingerprint density at radius 3 is 2.63 bits per heavy atom. The molecular weight excluding hydrogens is 444 g/mol. The van der Waals surface area contributed by atoms with Crippen molar-refractivity contribution < 1.29 is 13.2 Å². The van der Waals surface area contributed by atoms with E-state index >= 15 is 0 Å². The number of hydrogen-bond donors (Lipinski definition) is 1. The molecule has 1 fully saturated rings. The number of benzene rings is 1. The van der Waals surface area contributed by atoms with E-state index in [1.54, 1.807) is 16.4 Å². The number of nitrogens with one attached hydrogen (secondary N) is 1. The minimum absolute atomic E-state index is 0. The van der Waals surface area contributed by atoms with Gasteiger partial charge in [-0.25, -0.2) is 13.4 Å². The van der Waals surface area contributed by atoms with E-state index in [0.29, 0.717) is 17.2 Å². The highest BCUT2D eigenvalue weighted by atomic mass is 35.5. The molecule has 10 heteroatoms. The predicted molar refractivity (Wildman–Crippen MR) is 121 cm³/mol. The Labute approximate surface area is 187 Å². The topological polar surface area (TPSA) is 82.6 Å². The van der Waals surface area contributed by atoms with Crippen LogP contribution in [-0.4, -0.2) is 54.7 Å². The molecule has 0 aliphatic carbocycles. The number of thiazole rings is 1. The zero-order valence-corrected chi connectivity index (χ0v) is 19.6. The highest BCUT2D eigenvalue weighted by Crippen LogP contribution is 2.28. The number of sulfonamides is 1. The van der Waals surface area contributed by atoms with E-state index in [1.165, 1.54) is 28.3 Å². The Morgan fingerprint density at radius 2 is 1.93 bits per heavy atom. The lowest BCUT2D eigenvalue weighted by Gasteiger charge is -2.32. The minimum atomic E-state index is -3.53. The van der Waals surface area contributed by atoms with Gasteiger partial charge < -0.3 is 4.90 Å². The average molecular weight is 471 g/mol. The normalized spacial score (nSPS) is 20.3. The molecular formula is C20H27ClN4O3S2. The van der Waals surface area contributed by atoms with E-state index < -0.39 is 10.0 Å². The summed E-state index contributed by atoms with van der Waals surface area (Å²) in [6, 6.07) is 6.18. The summed E-state index contributed by atoms with van der Waals surface area (Å²) in [7, 11) is -1.46. The molecule has 30 heavy (non-hydrogen) atoms. The third-order valence-corrected chi connectivity index (χ3v) is 8.63. The van der Waals surface area contributed by atoms with Crippen molar-refractivity contribution >= 4 is 44.8 Å². The fourth-order valence-electron chi connectivity index (χ4n) is 3.89. The van der Waals surface area contributed by atoms with Gasteiger partial charge in [-0.2, -0.15) is 4.31 Å². The summed E-state index contributed by atoms with van der Waals surface area (Å²) in [5.41, 5.74) is 1.47. The molecule has 1 amide bonds. The fraction of sp³-hybridized carbons (Fsp3) is 0.500. The highest BCUT2D eigenvalue weighted by Gasteiger charge is 2.31. The van der Waals surface area contributed by atoms with Gasteiger partial charge in [-0.3, -0.25) is 10.1 Å². The van der Waals surface area contributed by atoms with Gasteiger partial charge in [-0.1, -0.05) is 6.42 Å². The maximum absolute atomic E-state index is 12.9. The van der Waals surface area contributed by atoms with Gasteiger partial charge in [0.1, 0.15) is 0 Å². The number of halogens is 1. The first-order chi connectivity index (χ1) is 13.8. The molecule has 7 nitrogen and oxygen atoms in total. The first-order valence-electron chi connectivity index (χ1n) is 9.95. The Hall–Kier alpha value is -1.52. The van der Waals surface area contributed by atoms with Gasteiger partial charge in [0.15, 0.2) is 5.13 Å². The largest absolute Gasteiger partial charge is 0.301 e. The Morgan fingerprint density at radius 1 is 1.20 bits per heavy atom. The van der Waals surface area contributed by atoms with E-state index in [4.69, 9.17) is 0 Å². The monoisotopic (exact) mass is 470 g/mol. The first-order valence-corrected chi connectivity index (χ1v) is 12.2. The van der Waals surface area contributed by atoms with E-state index in [-0.39, 0.29) is 29.3 Å². The van der Waals surface area contributed by atoms with Crippen molar-refractivity contribution in [3.63, 3.8) is 0 Å². The molecule has 2 aliphatic heterocycles. The minimum Gasteiger partial charge on any atom is -0.301 e. The molecule has 1 N–H and O–H groups in total. The van der Waals surface area contributed by atoms with Gasteiger partial charge in [-0.05, 0) is 51.1 Å². The van der Waals surface area contributed by atoms with Crippen molar-refractivity contribution in [3.05, 3.63) is 40.4 Å². The quantitative estimate of drug-likeness (QED) is 0.740. The Kier molecular flexibility index (Phi) is 7.19. The van der Waals surface area contributed by atoms with Crippen LogP contribution >= 0.6 is 23.7 Å². The van der Waals surface area contributed by atoms with Crippen LogP contribution in [0.1, 0.15) is 47.1 Å². The van der Waals surface area contributed by atoms with Gasteiger partial charge in [0.2, 0.25) is 10.0 Å². The Bertz CT molecular complexity index is 1010. The number of nitrogens with zero attached hydrogens (tertiary/aromatic N) is 3. The van der Waals surface area contributed by atoms with E-state index in [0.717, 1.165) is 44.5 Å². The van der Waals surface area contributed by atoms with Gasteiger partial charge in [0, 0.05) is 42.5 Å². The summed E-state index contributed by atoms with van der Waals surface area (Å²) < 4.78 is 27.4. The van der Waals surface area contributed by atoms with Gasteiger partial charge >= 0.3 is 0 Å². The van der Waals surface area contributed by atoms with Crippen molar-refractivity contribution in [2.24, 2.45) is 0 Å². The number of aromatic nitrogens is 1. The number of amides is 1. The first kappa shape index (κ1) is 23.1. The van der Waals surface area contributed by atoms with Gasteiger partial charge in [0.05, 0.1) is 10.6 Å². The van der Waals surface area contributed by atoms with Gasteiger partial charge in [0.25, 0.3) is 5.91 Å². The van der Waals surface area contributed by atoms with Crippen molar-refractivity contribution in [3.8, 4) is 0 Å². The van der Waals surface area contributed by atoms with Crippen LogP contribution in [0.15, 0.2) is 29.2 Å². The standard InChI is InChI=1S/C20H26N4O3S2.ClH/c1-14-5-3-4-11-24(14)29(26,27)16-8-6-15(7-9-16)19(25)22-20-21-17-10-12-23(2)13-18(17)28-20;/h6-9,14H,3-5,10-13H2,1-2H3,(H,21,22,25);1H. The molecule has 1 saturated heterocycles. The summed E-state index contributed by atoms with van der Waals surface area (Å²) in [4.78, 5) is 20.8. The van der Waals surface area contributed by atoms with Crippen molar-refractivity contribution in [2.75, 3.05) is 25.5 Å². The number of carbonyl (C=O) groups is 1. The van der Waals surface area contributed by atoms with Crippen molar-refractivity contribution in [1.82, 2.24) is 14.2 Å². The number of carbonyl (C=O) groups excluding carboxylic acids is 1. The lowest BCUT2D eigenvalue weighted by molar-refractivity contribution is 0.102. The molecule has 1 aromatic heterocycles. The molecule has 1 atom stereocenters. The molecule has 3 heterocycles. The third kappa shape index (κ3) is 4.70. The summed E-state index contributed by atoms with van der Waals surface area (Å²) in [5, 5.41) is 3.44. The van der Waals surface area contributed by atoms with Crippen LogP contribution in [0.5, 0.6) is 0 Å². The van der Waals surface area contributed by atoms with Crippen molar-refractivity contribution in [1.29, 1.82) is 0 Å². The van der Waals surface area contributed by atoms with E-state index in [9.17, 15) is 13.2 Å². The zero-order valence-electron chi connectivity index (χ0n) is 17.1. The van der Waals surface area contributed by atoms with Crippen LogP contribution in [0.25, 0.3) is 0 Å². The molecule has 0 spiro atoms. The SMILES string of the molecule is CC1CCCCN1S(=O)(=O)c1ccc(C(=O)Nc2nc3c(s2)CN(C)CC3)cc1.Cl. The molecule has 164 valence electrons. The molecule has 0 radical (unpaired) electrons. The predicted octanol–water partition coefficient (Wildman–Crippen LogP) is 3.37. The average Bonchev–Trinajstić information content (AvgIpc) is 3.09. The molecule has 2 aromatic rings. The second-order valence-electron chi connectivity index (χ2n) is 7.82. The molecule has 0 bridgehead atoms. The number of hydrogen-bond acceptors (Lipinski definition) is 6. The molecule has 1 aromatic carbocycles. The summed E-state index contributed by atoms with van der Waals surface area (Å²) in [6.45, 7) is 4.32. The second-order valence-corrected chi connectivity index (χ2v) is 10.8. The smallest absolute Gasteiger partial charge is 0.257 e. The second kappa shape index (κ2) is 9.32. The van der Waals surface area contributed by atoms with Crippen molar-refractivity contribution in [2.45, 2.75) is 50.1 Å². The summed E-state index contributed by atoms with van der Waals surface area (Å²) >= 11 is 1.50. The fourth-order valence-corrected chi connectivity index (χ4v) is 6.67. The Balaban J connectivity index is 0.00000256. The number of piperidine rings is 1. The van der Waals surface area contributed by atoms with Crippen LogP contribution in [0.2, 0.25) is 0 Å². The van der Waals surface area contributed by atoms with Crippen LogP contribution < -0.4 is 5.32 Å². The number of likely N-dealkylation sites (N-methyl/N-ethyl adjacent to an activating group) is 1.